The number of hydrogen-bond acceptors (Lipinski definition) is 0. The van der Waals surface area contributed by atoms with Gasteiger partial charge >= 0.3 is 0 Å². The monoisotopic (exact) mass is 577 g/mol. The maximum Gasteiger partial charge on any atom is 0.0671 e. The lowest BCUT2D eigenvalue weighted by Crippen LogP contribution is -2.65. The van der Waals surface area contributed by atoms with Crippen molar-refractivity contribution in [1.29, 1.82) is 0 Å². The summed E-state index contributed by atoms with van der Waals surface area (Å²) in [5, 5.41) is 0. The summed E-state index contributed by atoms with van der Waals surface area (Å²) in [5.41, 5.74) is 5.01. The van der Waals surface area contributed by atoms with Crippen molar-refractivity contribution in [2.24, 2.45) is 47.3 Å². The van der Waals surface area contributed by atoms with E-state index in [9.17, 15) is 0 Å². The Morgan fingerprint density at radius 3 is 0.854 bits per heavy atom. The van der Waals surface area contributed by atoms with Crippen LogP contribution < -0.4 is 0 Å². The van der Waals surface area contributed by atoms with Crippen LogP contribution in [0.15, 0.2) is 0 Å². The molecule has 8 atom stereocenters. The molecule has 0 bridgehead atoms. The summed E-state index contributed by atoms with van der Waals surface area (Å²) in [5.74, 6) is 9.35. The third-order valence-electron chi connectivity index (χ3n) is 16.7. The Kier molecular flexibility index (Phi) is 8.77. The van der Waals surface area contributed by atoms with Crippen LogP contribution in [0.2, 0.25) is 22.2 Å². The predicted molar refractivity (Wildman–Crippen MR) is 178 cm³/mol. The summed E-state index contributed by atoms with van der Waals surface area (Å²) in [6.45, 7) is 0. The summed E-state index contributed by atoms with van der Waals surface area (Å²) >= 11 is 0. The van der Waals surface area contributed by atoms with Crippen molar-refractivity contribution in [3.8, 4) is 0 Å². The van der Waals surface area contributed by atoms with E-state index in [2.05, 4.69) is 0 Å². The van der Waals surface area contributed by atoms with Gasteiger partial charge in [0, 0.05) is 0 Å². The van der Waals surface area contributed by atoms with Crippen molar-refractivity contribution in [2.45, 2.75) is 202 Å². The smallest absolute Gasteiger partial charge is 0.0533 e. The van der Waals surface area contributed by atoms with Crippen molar-refractivity contribution < 1.29 is 0 Å². The average Bonchev–Trinajstić information content (AvgIpc) is 3.05. The molecule has 8 fully saturated rings. The molecule has 41 heavy (non-hydrogen) atoms. The Bertz CT molecular complexity index is 737. The molecular weight excluding hydrogens is 509 g/mol. The summed E-state index contributed by atoms with van der Waals surface area (Å²) in [6.07, 6.45) is 46.0. The Hall–Kier alpha value is 0.217. The summed E-state index contributed by atoms with van der Waals surface area (Å²) in [4.78, 5) is 0. The van der Waals surface area contributed by atoms with Crippen molar-refractivity contribution in [3.05, 3.63) is 0 Å². The second kappa shape index (κ2) is 12.5. The van der Waals surface area contributed by atoms with Gasteiger partial charge in [-0.15, -0.1) is 0 Å². The first-order valence-corrected chi connectivity index (χ1v) is 22.7. The van der Waals surface area contributed by atoms with Gasteiger partial charge in [-0.05, 0) is 82.3 Å². The molecule has 232 valence electrons. The first-order chi connectivity index (χ1) is 20.4. The van der Waals surface area contributed by atoms with Crippen molar-refractivity contribution >= 4 is 8.07 Å². The van der Waals surface area contributed by atoms with E-state index in [0.717, 1.165) is 23.7 Å². The highest BCUT2D eigenvalue weighted by molar-refractivity contribution is 6.85. The molecule has 0 aromatic rings. The van der Waals surface area contributed by atoms with Gasteiger partial charge in [-0.3, -0.25) is 0 Å². The highest BCUT2D eigenvalue weighted by Gasteiger charge is 2.67. The van der Waals surface area contributed by atoms with E-state index in [1.165, 1.54) is 45.8 Å². The van der Waals surface area contributed by atoms with Crippen LogP contribution in [-0.2, 0) is 0 Å². The van der Waals surface area contributed by atoms with Gasteiger partial charge in [0.15, 0.2) is 0 Å². The topological polar surface area (TPSA) is 0 Å². The van der Waals surface area contributed by atoms with Crippen LogP contribution >= 0.6 is 0 Å². The zero-order chi connectivity index (χ0) is 27.2. The Balaban J connectivity index is 1.34. The van der Waals surface area contributed by atoms with Crippen molar-refractivity contribution in [3.63, 3.8) is 0 Å². The first kappa shape index (κ1) is 28.7. The molecule has 0 aliphatic heterocycles. The zero-order valence-electron chi connectivity index (χ0n) is 27.2. The highest BCUT2D eigenvalue weighted by Crippen LogP contribution is 2.73. The number of hydrogen-bond donors (Lipinski definition) is 0. The third-order valence-corrected chi connectivity index (χ3v) is 24.7. The quantitative estimate of drug-likeness (QED) is 0.292. The van der Waals surface area contributed by atoms with Crippen LogP contribution in [0.1, 0.15) is 180 Å². The van der Waals surface area contributed by atoms with Gasteiger partial charge in [-0.1, -0.05) is 167 Å². The van der Waals surface area contributed by atoms with Crippen LogP contribution in [-0.4, -0.2) is 8.07 Å². The third kappa shape index (κ3) is 5.02. The largest absolute Gasteiger partial charge is 0.0671 e. The van der Waals surface area contributed by atoms with Crippen LogP contribution in [0.3, 0.4) is 0 Å². The van der Waals surface area contributed by atoms with Crippen molar-refractivity contribution in [2.75, 3.05) is 0 Å². The fourth-order valence-electron chi connectivity index (χ4n) is 15.8. The van der Waals surface area contributed by atoms with E-state index in [1.54, 1.807) is 180 Å². The van der Waals surface area contributed by atoms with E-state index >= 15 is 0 Å². The lowest BCUT2D eigenvalue weighted by atomic mass is 9.59. The Labute approximate surface area is 256 Å². The van der Waals surface area contributed by atoms with E-state index in [0.29, 0.717) is 0 Å². The Morgan fingerprint density at radius 2 is 0.537 bits per heavy atom. The van der Waals surface area contributed by atoms with Crippen LogP contribution in [0.5, 0.6) is 0 Å². The molecule has 0 aromatic carbocycles. The molecule has 8 aliphatic carbocycles. The fourth-order valence-corrected chi connectivity index (χ4v) is 26.6. The molecule has 0 aromatic heterocycles. The molecule has 0 spiro atoms. The maximum absolute atomic E-state index is 1.71. The van der Waals surface area contributed by atoms with Gasteiger partial charge in [-0.2, -0.15) is 0 Å². The van der Waals surface area contributed by atoms with E-state index in [1.807, 2.05) is 0 Å². The fraction of sp³-hybridized carbons (Fsp3) is 1.00. The van der Waals surface area contributed by atoms with E-state index in [4.69, 9.17) is 0 Å². The summed E-state index contributed by atoms with van der Waals surface area (Å²) in [6, 6.07) is 0. The Morgan fingerprint density at radius 1 is 0.268 bits per heavy atom. The maximum atomic E-state index is 1.71. The minimum absolute atomic E-state index is 1.15. The highest BCUT2D eigenvalue weighted by atomic mass is 28.3. The van der Waals surface area contributed by atoms with E-state index in [-0.39, 0.29) is 0 Å². The molecule has 8 unspecified atom stereocenters. The molecule has 0 radical (unpaired) electrons. The summed E-state index contributed by atoms with van der Waals surface area (Å²) < 4.78 is 0. The molecule has 8 rings (SSSR count). The molecule has 8 saturated carbocycles. The normalized spacial score (nSPS) is 46.5. The minimum Gasteiger partial charge on any atom is -0.0533 e. The molecule has 0 nitrogen and oxygen atoms in total. The number of fused-ring (bicyclic) bond motifs is 4. The number of rotatable bonds is 4. The molecule has 0 saturated heterocycles. The minimum atomic E-state index is -1.63. The molecule has 0 amide bonds. The molecule has 8 aliphatic rings. The molecule has 0 N–H and O–H groups in total. The van der Waals surface area contributed by atoms with Gasteiger partial charge in [0.05, 0.1) is 8.07 Å². The molecular formula is C40H68Si. The van der Waals surface area contributed by atoms with Gasteiger partial charge in [0.1, 0.15) is 0 Å². The summed E-state index contributed by atoms with van der Waals surface area (Å²) in [7, 11) is -1.63. The van der Waals surface area contributed by atoms with Gasteiger partial charge in [0.25, 0.3) is 0 Å². The van der Waals surface area contributed by atoms with Crippen LogP contribution in [0.25, 0.3) is 0 Å². The van der Waals surface area contributed by atoms with Crippen LogP contribution in [0.4, 0.5) is 0 Å². The second-order valence-corrected chi connectivity index (χ2v) is 23.0. The molecule has 1 heteroatoms. The predicted octanol–water partition coefficient (Wildman–Crippen LogP) is 12.9. The second-order valence-electron chi connectivity index (χ2n) is 18.0. The SMILES string of the molecule is C1CCC([Si](C2CCCCC2)(C2C3CCCCC3CC3CCCCC32)C2C3CCCCC3CC3CCCCC32)CC1. The first-order valence-electron chi connectivity index (χ1n) is 20.4. The lowest BCUT2D eigenvalue weighted by molar-refractivity contribution is 0.0255. The van der Waals surface area contributed by atoms with Gasteiger partial charge in [-0.25, -0.2) is 0 Å². The average molecular weight is 577 g/mol. The van der Waals surface area contributed by atoms with Gasteiger partial charge in [0.2, 0.25) is 0 Å². The standard InChI is InChI=1S/C40H68Si/c1-3-19-33(20-4-1)41(34-21-5-2-6-22-34,39-35-23-11-7-15-29(35)27-30-16-8-12-24-36(30)39)40-37-25-13-9-17-31(37)28-32-18-10-14-26-38(32)40/h29-40H,1-28H2. The van der Waals surface area contributed by atoms with Gasteiger partial charge < -0.3 is 0 Å². The van der Waals surface area contributed by atoms with Crippen molar-refractivity contribution in [1.82, 2.24) is 0 Å². The zero-order valence-corrected chi connectivity index (χ0v) is 28.2. The van der Waals surface area contributed by atoms with E-state index < -0.39 is 8.07 Å². The van der Waals surface area contributed by atoms with Crippen LogP contribution in [0, 0.1) is 47.3 Å². The molecule has 0 heterocycles. The lowest BCUT2D eigenvalue weighted by Gasteiger charge is -2.69.